The number of fused-ring (bicyclic) bond motifs is 1. The monoisotopic (exact) mass is 518 g/mol. The highest BCUT2D eigenvalue weighted by Crippen LogP contribution is 2.38. The number of nitrogens with one attached hydrogen (secondary N) is 1. The molecule has 4 atom stereocenters. The summed E-state index contributed by atoms with van der Waals surface area (Å²) < 4.78 is 5.51. The minimum absolute atomic E-state index is 0.0561. The molecule has 8 nitrogen and oxygen atoms in total. The Labute approximate surface area is 224 Å². The number of nitrogens with zero attached hydrogens (tertiary/aromatic N) is 3. The lowest BCUT2D eigenvalue weighted by atomic mass is 9.85. The molecule has 3 aliphatic rings. The van der Waals surface area contributed by atoms with Gasteiger partial charge in [-0.3, -0.25) is 19.4 Å². The Morgan fingerprint density at radius 1 is 1.11 bits per heavy atom. The zero-order chi connectivity index (χ0) is 27.0. The zero-order valence-electron chi connectivity index (χ0n) is 22.8. The fourth-order valence-electron chi connectivity index (χ4n) is 6.37. The number of aryl methyl sites for hydroxylation is 2. The highest BCUT2D eigenvalue weighted by Gasteiger charge is 2.51. The molecule has 2 aromatic rings. The summed E-state index contributed by atoms with van der Waals surface area (Å²) in [7, 11) is 0. The van der Waals surface area contributed by atoms with Crippen molar-refractivity contribution in [2.75, 3.05) is 26.3 Å². The molecule has 0 radical (unpaired) electrons. The molecule has 0 bridgehead atoms. The summed E-state index contributed by atoms with van der Waals surface area (Å²) in [5.74, 6) is -0.712. The molecule has 8 heteroatoms. The molecule has 1 aromatic carbocycles. The number of pyridine rings is 1. The van der Waals surface area contributed by atoms with Crippen LogP contribution in [0, 0.1) is 25.7 Å². The lowest BCUT2D eigenvalue weighted by Crippen LogP contribution is -2.68. The first-order valence-electron chi connectivity index (χ1n) is 13.8. The number of piperazine rings is 1. The standard InChI is InChI=1S/C30H38N4O4/c1-5-18(2)26-28(35)32-25(23-16-21-8-6-7-9-22(21)17-23)29(36)34(26)27(24-19(3)10-11-31-20(24)4)30(37)33-12-14-38-15-13-33/h6-11,18,23,25-27H,5,12-17H2,1-4H3,(H,32,35)/t18-,25+,26+,27+/m0/s1. The average molecular weight is 519 g/mol. The lowest BCUT2D eigenvalue weighted by molar-refractivity contribution is -0.163. The zero-order valence-corrected chi connectivity index (χ0v) is 22.8. The maximum absolute atomic E-state index is 14.6. The predicted octanol–water partition coefficient (Wildman–Crippen LogP) is 2.76. The maximum atomic E-state index is 14.6. The summed E-state index contributed by atoms with van der Waals surface area (Å²) in [5.41, 5.74) is 4.73. The van der Waals surface area contributed by atoms with Crippen LogP contribution >= 0.6 is 0 Å². The van der Waals surface area contributed by atoms with Crippen molar-refractivity contribution in [2.45, 2.75) is 65.1 Å². The second-order valence-electron chi connectivity index (χ2n) is 11.0. The van der Waals surface area contributed by atoms with E-state index in [2.05, 4.69) is 22.4 Å². The molecule has 0 spiro atoms. The Bertz CT molecular complexity index is 1180. The Kier molecular flexibility index (Phi) is 7.52. The van der Waals surface area contributed by atoms with E-state index in [0.717, 1.165) is 18.4 Å². The summed E-state index contributed by atoms with van der Waals surface area (Å²) in [4.78, 5) is 50.6. The van der Waals surface area contributed by atoms with Gasteiger partial charge in [0.05, 0.1) is 13.2 Å². The first-order chi connectivity index (χ1) is 18.3. The topological polar surface area (TPSA) is 91.8 Å². The van der Waals surface area contributed by atoms with Crippen LogP contribution in [0.1, 0.15) is 54.3 Å². The Hall–Kier alpha value is -3.26. The van der Waals surface area contributed by atoms with E-state index < -0.39 is 18.1 Å². The van der Waals surface area contributed by atoms with Crippen molar-refractivity contribution in [2.24, 2.45) is 11.8 Å². The summed E-state index contributed by atoms with van der Waals surface area (Å²) in [6.45, 7) is 9.64. The number of benzene rings is 1. The quantitative estimate of drug-likeness (QED) is 0.635. The van der Waals surface area contributed by atoms with E-state index in [9.17, 15) is 14.4 Å². The van der Waals surface area contributed by atoms with Crippen molar-refractivity contribution in [3.05, 3.63) is 64.5 Å². The molecule has 0 unspecified atom stereocenters. The molecule has 38 heavy (non-hydrogen) atoms. The Morgan fingerprint density at radius 2 is 1.76 bits per heavy atom. The molecule has 1 N–H and O–H groups in total. The van der Waals surface area contributed by atoms with E-state index in [0.29, 0.717) is 44.0 Å². The fourth-order valence-corrected chi connectivity index (χ4v) is 6.37. The van der Waals surface area contributed by atoms with Gasteiger partial charge in [0.25, 0.3) is 0 Å². The second kappa shape index (κ2) is 10.8. The third-order valence-electron chi connectivity index (χ3n) is 8.64. The Balaban J connectivity index is 1.60. The fraction of sp³-hybridized carbons (Fsp3) is 0.533. The number of morpholine rings is 1. The van der Waals surface area contributed by atoms with Crippen LogP contribution in [0.4, 0.5) is 0 Å². The molecule has 5 rings (SSSR count). The normalized spacial score (nSPS) is 23.7. The van der Waals surface area contributed by atoms with Crippen molar-refractivity contribution in [1.29, 1.82) is 0 Å². The lowest BCUT2D eigenvalue weighted by Gasteiger charge is -2.47. The van der Waals surface area contributed by atoms with Crippen molar-refractivity contribution in [1.82, 2.24) is 20.1 Å². The van der Waals surface area contributed by atoms with Crippen LogP contribution in [0.25, 0.3) is 0 Å². The summed E-state index contributed by atoms with van der Waals surface area (Å²) in [6, 6.07) is 7.73. The van der Waals surface area contributed by atoms with Gasteiger partial charge in [-0.15, -0.1) is 0 Å². The van der Waals surface area contributed by atoms with E-state index in [1.807, 2.05) is 45.9 Å². The second-order valence-corrected chi connectivity index (χ2v) is 11.0. The van der Waals surface area contributed by atoms with E-state index in [4.69, 9.17) is 4.74 Å². The van der Waals surface area contributed by atoms with Gasteiger partial charge < -0.3 is 19.9 Å². The summed E-state index contributed by atoms with van der Waals surface area (Å²) >= 11 is 0. The molecule has 3 amide bonds. The van der Waals surface area contributed by atoms with E-state index >= 15 is 0 Å². The molecule has 3 heterocycles. The van der Waals surface area contributed by atoms with Crippen LogP contribution in [0.3, 0.4) is 0 Å². The van der Waals surface area contributed by atoms with Crippen LogP contribution in [0.15, 0.2) is 36.5 Å². The van der Waals surface area contributed by atoms with Gasteiger partial charge >= 0.3 is 0 Å². The van der Waals surface area contributed by atoms with Crippen molar-refractivity contribution < 1.29 is 19.1 Å². The smallest absolute Gasteiger partial charge is 0.250 e. The maximum Gasteiger partial charge on any atom is 0.250 e. The van der Waals surface area contributed by atoms with Crippen molar-refractivity contribution in [3.8, 4) is 0 Å². The van der Waals surface area contributed by atoms with Crippen LogP contribution in [-0.2, 0) is 32.0 Å². The molecule has 2 fully saturated rings. The molecule has 0 saturated carbocycles. The molecular weight excluding hydrogens is 480 g/mol. The van der Waals surface area contributed by atoms with Gasteiger partial charge in [0.15, 0.2) is 0 Å². The molecule has 2 aliphatic heterocycles. The summed E-state index contributed by atoms with van der Waals surface area (Å²) in [5, 5.41) is 3.10. The number of carbonyl (C=O) groups is 3. The first kappa shape index (κ1) is 26.4. The predicted molar refractivity (Wildman–Crippen MR) is 143 cm³/mol. The van der Waals surface area contributed by atoms with E-state index in [1.54, 1.807) is 16.0 Å². The van der Waals surface area contributed by atoms with Gasteiger partial charge in [-0.05, 0) is 61.3 Å². The van der Waals surface area contributed by atoms with Gasteiger partial charge in [-0.1, -0.05) is 44.5 Å². The van der Waals surface area contributed by atoms with Gasteiger partial charge in [0.1, 0.15) is 18.1 Å². The Morgan fingerprint density at radius 3 is 2.37 bits per heavy atom. The first-order valence-corrected chi connectivity index (χ1v) is 13.8. The average Bonchev–Trinajstić information content (AvgIpc) is 3.36. The third kappa shape index (κ3) is 4.70. The van der Waals surface area contributed by atoms with Crippen molar-refractivity contribution >= 4 is 17.7 Å². The number of hydrogen-bond donors (Lipinski definition) is 1. The van der Waals surface area contributed by atoms with Crippen molar-refractivity contribution in [3.63, 3.8) is 0 Å². The largest absolute Gasteiger partial charge is 0.378 e. The highest BCUT2D eigenvalue weighted by atomic mass is 16.5. The minimum Gasteiger partial charge on any atom is -0.378 e. The third-order valence-corrected chi connectivity index (χ3v) is 8.64. The van der Waals surface area contributed by atoms with Crippen LogP contribution in [0.2, 0.25) is 0 Å². The minimum atomic E-state index is -0.925. The van der Waals surface area contributed by atoms with Gasteiger partial charge in [-0.2, -0.15) is 0 Å². The number of carbonyl (C=O) groups excluding carboxylic acids is 3. The van der Waals surface area contributed by atoms with Crippen LogP contribution < -0.4 is 5.32 Å². The number of aromatic nitrogens is 1. The summed E-state index contributed by atoms with van der Waals surface area (Å²) in [6.07, 6.45) is 3.87. The van der Waals surface area contributed by atoms with Gasteiger partial charge in [0.2, 0.25) is 17.7 Å². The van der Waals surface area contributed by atoms with Crippen LogP contribution in [0.5, 0.6) is 0 Å². The molecular formula is C30H38N4O4. The molecule has 2 saturated heterocycles. The number of ether oxygens (including phenoxy) is 1. The van der Waals surface area contributed by atoms with Gasteiger partial charge in [0, 0.05) is 30.5 Å². The van der Waals surface area contributed by atoms with Gasteiger partial charge in [-0.25, -0.2) is 0 Å². The highest BCUT2D eigenvalue weighted by molar-refractivity contribution is 6.00. The number of amides is 3. The number of rotatable bonds is 6. The SMILES string of the molecule is CC[C@H](C)[C@@H]1C(=O)N[C@H](C2Cc3ccccc3C2)C(=O)N1[C@@H](C(=O)N1CCOCC1)c1c(C)ccnc1C. The number of hydrogen-bond acceptors (Lipinski definition) is 5. The van der Waals surface area contributed by atoms with E-state index in [-0.39, 0.29) is 29.6 Å². The molecule has 1 aromatic heterocycles. The van der Waals surface area contributed by atoms with Crippen LogP contribution in [-0.4, -0.2) is 70.9 Å². The molecule has 202 valence electrons. The van der Waals surface area contributed by atoms with E-state index in [1.165, 1.54) is 11.1 Å². The molecule has 1 aliphatic carbocycles.